The maximum Gasteiger partial charge on any atom is 0.0518 e. The van der Waals surface area contributed by atoms with Crippen molar-refractivity contribution in [2.75, 3.05) is 13.7 Å². The van der Waals surface area contributed by atoms with Crippen LogP contribution in [0.5, 0.6) is 0 Å². The molecule has 0 saturated heterocycles. The lowest BCUT2D eigenvalue weighted by Crippen LogP contribution is -1.97. The third-order valence-corrected chi connectivity index (χ3v) is 2.59. The van der Waals surface area contributed by atoms with Crippen molar-refractivity contribution in [1.29, 1.82) is 0 Å². The summed E-state index contributed by atoms with van der Waals surface area (Å²) in [7, 11) is 1.70. The average molecular weight is 222 g/mol. The van der Waals surface area contributed by atoms with E-state index >= 15 is 0 Å². The molecule has 1 aromatic carbocycles. The zero-order valence-electron chi connectivity index (χ0n) is 8.53. The van der Waals surface area contributed by atoms with E-state index in [0.29, 0.717) is 6.61 Å². The van der Waals surface area contributed by atoms with Crippen molar-refractivity contribution >= 4 is 22.4 Å². The SMILES string of the molecule is COCCc1nccc2cc(Cl)ccc12. The van der Waals surface area contributed by atoms with E-state index in [1.165, 1.54) is 0 Å². The van der Waals surface area contributed by atoms with Gasteiger partial charge in [0.15, 0.2) is 0 Å². The van der Waals surface area contributed by atoms with Crippen LogP contribution in [0.1, 0.15) is 5.69 Å². The van der Waals surface area contributed by atoms with Crippen LogP contribution < -0.4 is 0 Å². The van der Waals surface area contributed by atoms with Crippen molar-refractivity contribution in [3.63, 3.8) is 0 Å². The Morgan fingerprint density at radius 1 is 1.33 bits per heavy atom. The van der Waals surface area contributed by atoms with Gasteiger partial charge < -0.3 is 4.74 Å². The number of aromatic nitrogens is 1. The lowest BCUT2D eigenvalue weighted by Gasteiger charge is -2.05. The number of methoxy groups -OCH3 is 1. The number of nitrogens with zero attached hydrogens (tertiary/aromatic N) is 1. The second-order valence-electron chi connectivity index (χ2n) is 3.37. The van der Waals surface area contributed by atoms with E-state index in [0.717, 1.165) is 27.9 Å². The molecule has 0 bridgehead atoms. The van der Waals surface area contributed by atoms with Gasteiger partial charge in [0.2, 0.25) is 0 Å². The molecule has 78 valence electrons. The second-order valence-corrected chi connectivity index (χ2v) is 3.80. The minimum atomic E-state index is 0.689. The number of ether oxygens (including phenoxy) is 1. The van der Waals surface area contributed by atoms with Gasteiger partial charge >= 0.3 is 0 Å². The molecule has 0 aliphatic carbocycles. The first-order valence-electron chi connectivity index (χ1n) is 4.83. The maximum absolute atomic E-state index is 5.93. The van der Waals surface area contributed by atoms with Crippen molar-refractivity contribution in [3.05, 3.63) is 41.2 Å². The third-order valence-electron chi connectivity index (χ3n) is 2.35. The molecule has 0 atom stereocenters. The summed E-state index contributed by atoms with van der Waals surface area (Å²) in [6.45, 7) is 0.689. The van der Waals surface area contributed by atoms with E-state index < -0.39 is 0 Å². The fourth-order valence-corrected chi connectivity index (χ4v) is 1.79. The Kier molecular flexibility index (Phi) is 3.19. The minimum absolute atomic E-state index is 0.689. The topological polar surface area (TPSA) is 22.1 Å². The average Bonchev–Trinajstić information content (AvgIpc) is 2.25. The molecule has 15 heavy (non-hydrogen) atoms. The summed E-state index contributed by atoms with van der Waals surface area (Å²) >= 11 is 5.93. The van der Waals surface area contributed by atoms with Gasteiger partial charge in [0.1, 0.15) is 0 Å². The molecule has 0 aliphatic rings. The molecule has 0 fully saturated rings. The van der Waals surface area contributed by atoms with Gasteiger partial charge in [-0.05, 0) is 23.6 Å². The van der Waals surface area contributed by atoms with E-state index in [1.807, 2.05) is 30.5 Å². The Morgan fingerprint density at radius 2 is 2.20 bits per heavy atom. The standard InChI is InChI=1S/C12H12ClNO/c1-15-7-5-12-11-3-2-10(13)8-9(11)4-6-14-12/h2-4,6,8H,5,7H2,1H3. The van der Waals surface area contributed by atoms with Crippen LogP contribution in [-0.4, -0.2) is 18.7 Å². The second kappa shape index (κ2) is 4.60. The number of halogens is 1. The first-order valence-corrected chi connectivity index (χ1v) is 5.21. The summed E-state index contributed by atoms with van der Waals surface area (Å²) in [4.78, 5) is 4.35. The van der Waals surface area contributed by atoms with E-state index in [2.05, 4.69) is 4.98 Å². The summed E-state index contributed by atoms with van der Waals surface area (Å²) in [6, 6.07) is 7.82. The van der Waals surface area contributed by atoms with Crippen molar-refractivity contribution in [2.45, 2.75) is 6.42 Å². The fraction of sp³-hybridized carbons (Fsp3) is 0.250. The van der Waals surface area contributed by atoms with Gasteiger partial charge in [-0.3, -0.25) is 4.98 Å². The number of pyridine rings is 1. The molecule has 0 amide bonds. The van der Waals surface area contributed by atoms with Crippen molar-refractivity contribution in [3.8, 4) is 0 Å². The van der Waals surface area contributed by atoms with E-state index in [9.17, 15) is 0 Å². The predicted octanol–water partition coefficient (Wildman–Crippen LogP) is 3.08. The Labute approximate surface area is 93.8 Å². The van der Waals surface area contributed by atoms with Crippen LogP contribution >= 0.6 is 11.6 Å². The Balaban J connectivity index is 2.46. The molecular weight excluding hydrogens is 210 g/mol. The Hall–Kier alpha value is -1.12. The Bertz CT molecular complexity index is 470. The molecule has 0 N–H and O–H groups in total. The molecule has 0 spiro atoms. The molecule has 2 aromatic rings. The smallest absolute Gasteiger partial charge is 0.0518 e. The van der Waals surface area contributed by atoms with Gasteiger partial charge in [-0.1, -0.05) is 17.7 Å². The molecule has 1 aromatic heterocycles. The number of hydrogen-bond acceptors (Lipinski definition) is 2. The zero-order valence-corrected chi connectivity index (χ0v) is 9.29. The summed E-state index contributed by atoms with van der Waals surface area (Å²) in [5, 5.41) is 3.04. The first kappa shape index (κ1) is 10.4. The Morgan fingerprint density at radius 3 is 3.00 bits per heavy atom. The highest BCUT2D eigenvalue weighted by Gasteiger charge is 2.02. The molecular formula is C12H12ClNO. The van der Waals surface area contributed by atoms with Gasteiger partial charge in [0.25, 0.3) is 0 Å². The number of fused-ring (bicyclic) bond motifs is 1. The lowest BCUT2D eigenvalue weighted by molar-refractivity contribution is 0.202. The first-order chi connectivity index (χ1) is 7.31. The summed E-state index contributed by atoms with van der Waals surface area (Å²) in [5.41, 5.74) is 1.06. The van der Waals surface area contributed by atoms with Crippen LogP contribution in [0, 0.1) is 0 Å². The van der Waals surface area contributed by atoms with Gasteiger partial charge in [0, 0.05) is 30.1 Å². The molecule has 0 radical (unpaired) electrons. The highest BCUT2D eigenvalue weighted by Crippen LogP contribution is 2.21. The normalized spacial score (nSPS) is 10.8. The molecule has 1 heterocycles. The number of rotatable bonds is 3. The molecule has 0 aliphatic heterocycles. The van der Waals surface area contributed by atoms with Crippen LogP contribution in [0.2, 0.25) is 5.02 Å². The highest BCUT2D eigenvalue weighted by atomic mass is 35.5. The maximum atomic E-state index is 5.93. The van der Waals surface area contributed by atoms with Gasteiger partial charge in [-0.15, -0.1) is 0 Å². The van der Waals surface area contributed by atoms with Crippen LogP contribution in [0.25, 0.3) is 10.8 Å². The quantitative estimate of drug-likeness (QED) is 0.795. The number of hydrogen-bond donors (Lipinski definition) is 0. The van der Waals surface area contributed by atoms with E-state index in [1.54, 1.807) is 7.11 Å². The highest BCUT2D eigenvalue weighted by molar-refractivity contribution is 6.31. The van der Waals surface area contributed by atoms with E-state index in [-0.39, 0.29) is 0 Å². The summed E-state index contributed by atoms with van der Waals surface area (Å²) in [6.07, 6.45) is 2.64. The largest absolute Gasteiger partial charge is 0.384 e. The van der Waals surface area contributed by atoms with Crippen LogP contribution in [-0.2, 0) is 11.2 Å². The van der Waals surface area contributed by atoms with Crippen molar-refractivity contribution in [1.82, 2.24) is 4.98 Å². The van der Waals surface area contributed by atoms with E-state index in [4.69, 9.17) is 16.3 Å². The zero-order chi connectivity index (χ0) is 10.7. The van der Waals surface area contributed by atoms with Gasteiger partial charge in [0.05, 0.1) is 12.3 Å². The van der Waals surface area contributed by atoms with Crippen LogP contribution in [0.15, 0.2) is 30.5 Å². The van der Waals surface area contributed by atoms with Gasteiger partial charge in [-0.2, -0.15) is 0 Å². The molecule has 3 heteroatoms. The fourth-order valence-electron chi connectivity index (χ4n) is 1.61. The molecule has 2 nitrogen and oxygen atoms in total. The van der Waals surface area contributed by atoms with Gasteiger partial charge in [-0.25, -0.2) is 0 Å². The summed E-state index contributed by atoms with van der Waals surface area (Å²) in [5.74, 6) is 0. The van der Waals surface area contributed by atoms with Crippen LogP contribution in [0.3, 0.4) is 0 Å². The summed E-state index contributed by atoms with van der Waals surface area (Å²) < 4.78 is 5.05. The number of benzene rings is 1. The third kappa shape index (κ3) is 2.28. The van der Waals surface area contributed by atoms with Crippen molar-refractivity contribution < 1.29 is 4.74 Å². The van der Waals surface area contributed by atoms with Crippen molar-refractivity contribution in [2.24, 2.45) is 0 Å². The lowest BCUT2D eigenvalue weighted by atomic mass is 10.1. The van der Waals surface area contributed by atoms with Crippen LogP contribution in [0.4, 0.5) is 0 Å². The minimum Gasteiger partial charge on any atom is -0.384 e. The molecule has 2 rings (SSSR count). The molecule has 0 saturated carbocycles. The predicted molar refractivity (Wildman–Crippen MR) is 62.3 cm³/mol. The molecule has 0 unspecified atom stereocenters. The monoisotopic (exact) mass is 221 g/mol.